The Labute approximate surface area is 190 Å². The Hall–Kier alpha value is -2.67. The molecule has 2 aliphatic heterocycles. The molecule has 3 heterocycles. The van der Waals surface area contributed by atoms with E-state index >= 15 is 0 Å². The number of amides is 1. The number of aromatic nitrogens is 2. The highest BCUT2D eigenvalue weighted by molar-refractivity contribution is 5.78. The Morgan fingerprint density at radius 3 is 2.81 bits per heavy atom. The summed E-state index contributed by atoms with van der Waals surface area (Å²) >= 11 is 0. The molecule has 0 aliphatic carbocycles. The number of aryl methyl sites for hydroxylation is 2. The molecule has 7 nitrogen and oxygen atoms in total. The molecule has 1 saturated heterocycles. The Balaban J connectivity index is 1.27. The lowest BCUT2D eigenvalue weighted by Crippen LogP contribution is -2.39. The number of hydrogen-bond acceptors (Lipinski definition) is 5. The molecule has 1 aromatic carbocycles. The molecule has 1 fully saturated rings. The first kappa shape index (κ1) is 22.5. The van der Waals surface area contributed by atoms with Gasteiger partial charge in [-0.25, -0.2) is 4.98 Å². The fraction of sp³-hybridized carbons (Fsp3) is 0.560. The number of nitrogens with zero attached hydrogens (tertiary/aromatic N) is 4. The number of likely N-dealkylation sites (tertiary alicyclic amines) is 1. The van der Waals surface area contributed by atoms with Crippen LogP contribution in [0.25, 0.3) is 0 Å². The van der Waals surface area contributed by atoms with Gasteiger partial charge in [0.25, 0.3) is 5.56 Å². The van der Waals surface area contributed by atoms with E-state index in [1.807, 2.05) is 42.8 Å². The summed E-state index contributed by atoms with van der Waals surface area (Å²) in [5, 5.41) is 0. The second kappa shape index (κ2) is 10.3. The van der Waals surface area contributed by atoms with Crippen LogP contribution in [-0.2, 0) is 17.8 Å². The van der Waals surface area contributed by atoms with E-state index < -0.39 is 0 Å². The van der Waals surface area contributed by atoms with Crippen molar-refractivity contribution in [3.05, 3.63) is 57.8 Å². The van der Waals surface area contributed by atoms with E-state index in [1.165, 1.54) is 5.56 Å². The lowest BCUT2D eigenvalue weighted by atomic mass is 10.0. The van der Waals surface area contributed by atoms with E-state index in [-0.39, 0.29) is 17.4 Å². The topological polar surface area (TPSA) is 67.7 Å². The third-order valence-electron chi connectivity index (χ3n) is 6.58. The number of benzene rings is 1. The third-order valence-corrected chi connectivity index (χ3v) is 6.58. The predicted octanol–water partition coefficient (Wildman–Crippen LogP) is 2.60. The van der Waals surface area contributed by atoms with Crippen molar-refractivity contribution in [3.8, 4) is 5.75 Å². The van der Waals surface area contributed by atoms with Gasteiger partial charge < -0.3 is 9.64 Å². The van der Waals surface area contributed by atoms with Crippen LogP contribution < -0.4 is 10.3 Å². The Morgan fingerprint density at radius 1 is 1.19 bits per heavy atom. The second-order valence-electron chi connectivity index (χ2n) is 9.10. The van der Waals surface area contributed by atoms with Gasteiger partial charge >= 0.3 is 0 Å². The van der Waals surface area contributed by atoms with E-state index in [1.54, 1.807) is 11.0 Å². The number of likely N-dealkylation sites (N-methyl/N-ethyl adjacent to an activating group) is 1. The minimum atomic E-state index is 0.0785. The Bertz CT molecular complexity index is 986. The number of fused-ring (bicyclic) bond motifs is 1. The maximum absolute atomic E-state index is 12.7. The molecule has 0 spiro atoms. The van der Waals surface area contributed by atoms with Crippen molar-refractivity contribution >= 4 is 5.91 Å². The normalized spacial score (nSPS) is 18.8. The standard InChI is InChI=1S/C25H34N4O3/c1-19-7-9-21(10-8-19)32-15-14-27(2)25(31)18-28-13-11-20(17-28)22-16-24(30)29-12-5-3-4-6-23(29)26-22/h7-10,16,20H,3-6,11-15,17-18H2,1-2H3/t20-/m0/s1. The van der Waals surface area contributed by atoms with Crippen LogP contribution in [0, 0.1) is 6.92 Å². The fourth-order valence-electron chi connectivity index (χ4n) is 4.53. The number of hydrogen-bond donors (Lipinski definition) is 0. The number of carbonyl (C=O) groups is 1. The van der Waals surface area contributed by atoms with Crippen molar-refractivity contribution < 1.29 is 9.53 Å². The molecular weight excluding hydrogens is 404 g/mol. The summed E-state index contributed by atoms with van der Waals surface area (Å²) in [5.41, 5.74) is 2.17. The van der Waals surface area contributed by atoms with Gasteiger partial charge in [0.05, 0.1) is 18.8 Å². The summed E-state index contributed by atoms with van der Waals surface area (Å²) in [5.74, 6) is 2.07. The largest absolute Gasteiger partial charge is 0.492 e. The molecule has 4 rings (SSSR count). The SMILES string of the molecule is Cc1ccc(OCCN(C)C(=O)CN2CC[C@H](c3cc(=O)n4c(n3)CCCCC4)C2)cc1. The highest BCUT2D eigenvalue weighted by Gasteiger charge is 2.28. The summed E-state index contributed by atoms with van der Waals surface area (Å²) < 4.78 is 7.59. The fourth-order valence-corrected chi connectivity index (χ4v) is 4.53. The van der Waals surface area contributed by atoms with E-state index in [0.717, 1.165) is 69.0 Å². The molecule has 1 atom stereocenters. The molecule has 0 saturated carbocycles. The van der Waals surface area contributed by atoms with E-state index in [0.29, 0.717) is 19.7 Å². The zero-order valence-corrected chi connectivity index (χ0v) is 19.3. The van der Waals surface area contributed by atoms with Crippen LogP contribution in [0.3, 0.4) is 0 Å². The zero-order chi connectivity index (χ0) is 22.5. The summed E-state index contributed by atoms with van der Waals surface area (Å²) in [4.78, 5) is 34.0. The lowest BCUT2D eigenvalue weighted by molar-refractivity contribution is -0.131. The van der Waals surface area contributed by atoms with Gasteiger partial charge in [0, 0.05) is 38.5 Å². The van der Waals surface area contributed by atoms with Crippen LogP contribution in [0.5, 0.6) is 5.75 Å². The second-order valence-corrected chi connectivity index (χ2v) is 9.10. The summed E-state index contributed by atoms with van der Waals surface area (Å²) in [6.45, 7) is 5.86. The van der Waals surface area contributed by atoms with Crippen molar-refractivity contribution in [2.24, 2.45) is 0 Å². The highest BCUT2D eigenvalue weighted by atomic mass is 16.5. The van der Waals surface area contributed by atoms with Gasteiger partial charge in [-0.05, 0) is 44.9 Å². The maximum atomic E-state index is 12.7. The molecule has 2 aliphatic rings. The molecule has 7 heteroatoms. The van der Waals surface area contributed by atoms with E-state index in [4.69, 9.17) is 9.72 Å². The maximum Gasteiger partial charge on any atom is 0.253 e. The number of rotatable bonds is 7. The smallest absolute Gasteiger partial charge is 0.253 e. The number of ether oxygens (including phenoxy) is 1. The Kier molecular flexibility index (Phi) is 7.25. The predicted molar refractivity (Wildman–Crippen MR) is 124 cm³/mol. The van der Waals surface area contributed by atoms with Crippen molar-refractivity contribution in [2.45, 2.75) is 51.5 Å². The molecule has 0 unspecified atom stereocenters. The average Bonchev–Trinajstić information content (AvgIpc) is 3.10. The first-order valence-corrected chi connectivity index (χ1v) is 11.8. The minimum absolute atomic E-state index is 0.0785. The molecule has 0 N–H and O–H groups in total. The van der Waals surface area contributed by atoms with E-state index in [9.17, 15) is 9.59 Å². The van der Waals surface area contributed by atoms with Gasteiger partial charge in [0.2, 0.25) is 5.91 Å². The van der Waals surface area contributed by atoms with Gasteiger partial charge in [-0.15, -0.1) is 0 Å². The molecule has 32 heavy (non-hydrogen) atoms. The Morgan fingerprint density at radius 2 is 2.00 bits per heavy atom. The number of carbonyl (C=O) groups excluding carboxylic acids is 1. The summed E-state index contributed by atoms with van der Waals surface area (Å²) in [7, 11) is 1.82. The highest BCUT2D eigenvalue weighted by Crippen LogP contribution is 2.26. The molecular formula is C25H34N4O3. The van der Waals surface area contributed by atoms with Crippen molar-refractivity contribution in [2.75, 3.05) is 39.8 Å². The van der Waals surface area contributed by atoms with Crippen LogP contribution in [0.15, 0.2) is 35.1 Å². The van der Waals surface area contributed by atoms with Crippen LogP contribution in [0.4, 0.5) is 0 Å². The van der Waals surface area contributed by atoms with Gasteiger partial charge in [-0.3, -0.25) is 19.1 Å². The van der Waals surface area contributed by atoms with Gasteiger partial charge in [0.1, 0.15) is 18.2 Å². The van der Waals surface area contributed by atoms with Crippen molar-refractivity contribution in [1.82, 2.24) is 19.4 Å². The average molecular weight is 439 g/mol. The summed E-state index contributed by atoms with van der Waals surface area (Å²) in [6.07, 6.45) is 5.12. The molecule has 1 amide bonds. The zero-order valence-electron chi connectivity index (χ0n) is 19.3. The third kappa shape index (κ3) is 5.57. The molecule has 0 radical (unpaired) electrons. The van der Waals surface area contributed by atoms with Crippen LogP contribution >= 0.6 is 0 Å². The van der Waals surface area contributed by atoms with Crippen LogP contribution in [0.1, 0.15) is 48.7 Å². The summed E-state index contributed by atoms with van der Waals surface area (Å²) in [6, 6.07) is 9.65. The quantitative estimate of drug-likeness (QED) is 0.665. The van der Waals surface area contributed by atoms with Crippen molar-refractivity contribution in [1.29, 1.82) is 0 Å². The van der Waals surface area contributed by atoms with Gasteiger partial charge in [-0.1, -0.05) is 24.1 Å². The van der Waals surface area contributed by atoms with Gasteiger partial charge in [0.15, 0.2) is 0 Å². The molecule has 0 bridgehead atoms. The van der Waals surface area contributed by atoms with Gasteiger partial charge in [-0.2, -0.15) is 0 Å². The first-order chi connectivity index (χ1) is 15.5. The van der Waals surface area contributed by atoms with Crippen LogP contribution in [-0.4, -0.2) is 65.1 Å². The monoisotopic (exact) mass is 438 g/mol. The lowest BCUT2D eigenvalue weighted by Gasteiger charge is -2.22. The minimum Gasteiger partial charge on any atom is -0.492 e. The molecule has 2 aromatic rings. The molecule has 172 valence electrons. The molecule has 1 aromatic heterocycles. The van der Waals surface area contributed by atoms with Crippen molar-refractivity contribution in [3.63, 3.8) is 0 Å². The first-order valence-electron chi connectivity index (χ1n) is 11.8. The van der Waals surface area contributed by atoms with Crippen LogP contribution in [0.2, 0.25) is 0 Å². The van der Waals surface area contributed by atoms with E-state index in [2.05, 4.69) is 4.90 Å².